The zero-order valence-corrected chi connectivity index (χ0v) is 37.8. The SMILES string of the molecule is CC1(C)c2ccccc2-c2ccc(N(c3ccc4c(c3)C(C)(C)c3ccccc3-4)c3ccc4c(c3)C(c3ccccc3)(c3ccccc3)c3c-4c(-c4ccccc4)cc4ccccc34)cc21. The molecule has 10 aromatic carbocycles. The Balaban J connectivity index is 1.12. The fourth-order valence-electron chi connectivity index (χ4n) is 12.4. The van der Waals surface area contributed by atoms with Gasteiger partial charge in [-0.25, -0.2) is 0 Å². The normalized spacial score (nSPS) is 15.0. The van der Waals surface area contributed by atoms with Gasteiger partial charge in [0.25, 0.3) is 0 Å². The van der Waals surface area contributed by atoms with Crippen LogP contribution < -0.4 is 4.90 Å². The van der Waals surface area contributed by atoms with Crippen molar-refractivity contribution in [1.82, 2.24) is 0 Å². The van der Waals surface area contributed by atoms with E-state index >= 15 is 0 Å². The molecule has 10 aromatic rings. The van der Waals surface area contributed by atoms with E-state index in [-0.39, 0.29) is 10.8 Å². The minimum absolute atomic E-state index is 0.153. The molecule has 13 rings (SSSR count). The molecule has 0 aromatic heterocycles. The largest absolute Gasteiger partial charge is 0.310 e. The summed E-state index contributed by atoms with van der Waals surface area (Å²) in [6, 6.07) is 84.7. The molecule has 0 fully saturated rings. The molecular formula is C65H49N. The van der Waals surface area contributed by atoms with Crippen LogP contribution in [0.5, 0.6) is 0 Å². The Kier molecular flexibility index (Phi) is 8.28. The van der Waals surface area contributed by atoms with Gasteiger partial charge < -0.3 is 4.90 Å². The van der Waals surface area contributed by atoms with Crippen LogP contribution in [0.4, 0.5) is 17.1 Å². The van der Waals surface area contributed by atoms with Crippen molar-refractivity contribution in [3.05, 3.63) is 269 Å². The van der Waals surface area contributed by atoms with Crippen molar-refractivity contribution in [2.75, 3.05) is 4.90 Å². The standard InChI is InChI=1S/C65H49N/c1-63(2)56-30-18-16-28-50(56)52-35-32-46(39-58(52)63)66(47-33-36-53-51-29-17-19-31-57(51)64(3,4)59(53)40-47)48-34-37-54-60(41-48)65(44-23-10-6-11-24-44,45-25-12-7-13-26-45)62-49-27-15-14-22-43(49)38-55(61(54)62)42-20-8-5-9-21-42/h5-41H,1-4H3. The van der Waals surface area contributed by atoms with Gasteiger partial charge in [0.15, 0.2) is 0 Å². The number of hydrogen-bond donors (Lipinski definition) is 0. The first-order valence-electron chi connectivity index (χ1n) is 23.4. The van der Waals surface area contributed by atoms with Gasteiger partial charge in [0.2, 0.25) is 0 Å². The first kappa shape index (κ1) is 38.7. The Hall–Kier alpha value is -7.74. The van der Waals surface area contributed by atoms with E-state index in [2.05, 4.69) is 257 Å². The van der Waals surface area contributed by atoms with Gasteiger partial charge in [-0.3, -0.25) is 0 Å². The zero-order chi connectivity index (χ0) is 44.4. The Morgan fingerprint density at radius 3 is 1.29 bits per heavy atom. The summed E-state index contributed by atoms with van der Waals surface area (Å²) in [5, 5.41) is 2.51. The highest BCUT2D eigenvalue weighted by atomic mass is 15.1. The molecule has 0 aliphatic heterocycles. The third kappa shape index (κ3) is 5.29. The van der Waals surface area contributed by atoms with Crippen molar-refractivity contribution < 1.29 is 0 Å². The van der Waals surface area contributed by atoms with Crippen LogP contribution in [0, 0.1) is 0 Å². The molecule has 3 aliphatic carbocycles. The average Bonchev–Trinajstić information content (AvgIpc) is 3.89. The van der Waals surface area contributed by atoms with Gasteiger partial charge in [0.05, 0.1) is 5.41 Å². The Morgan fingerprint density at radius 1 is 0.318 bits per heavy atom. The summed E-state index contributed by atoms with van der Waals surface area (Å²) in [6.07, 6.45) is 0. The molecule has 1 heteroatoms. The lowest BCUT2D eigenvalue weighted by Gasteiger charge is -2.36. The third-order valence-electron chi connectivity index (χ3n) is 15.5. The number of hydrogen-bond acceptors (Lipinski definition) is 1. The lowest BCUT2D eigenvalue weighted by Crippen LogP contribution is -2.29. The van der Waals surface area contributed by atoms with Crippen LogP contribution in [0.15, 0.2) is 224 Å². The summed E-state index contributed by atoms with van der Waals surface area (Å²) >= 11 is 0. The fraction of sp³-hybridized carbons (Fsp3) is 0.108. The van der Waals surface area contributed by atoms with Crippen LogP contribution >= 0.6 is 0 Å². The maximum Gasteiger partial charge on any atom is 0.0720 e. The maximum absolute atomic E-state index is 2.54. The second-order valence-electron chi connectivity index (χ2n) is 19.6. The average molecular weight is 844 g/mol. The number of nitrogens with zero attached hydrogens (tertiary/aromatic N) is 1. The fourth-order valence-corrected chi connectivity index (χ4v) is 12.4. The van der Waals surface area contributed by atoms with E-state index in [0.717, 1.165) is 17.1 Å². The number of anilines is 3. The number of rotatable bonds is 6. The summed E-state index contributed by atoms with van der Waals surface area (Å²) in [5.74, 6) is 0. The Morgan fingerprint density at radius 2 is 0.742 bits per heavy atom. The van der Waals surface area contributed by atoms with E-state index in [1.54, 1.807) is 0 Å². The minimum atomic E-state index is -0.637. The van der Waals surface area contributed by atoms with Crippen molar-refractivity contribution in [3.8, 4) is 44.5 Å². The maximum atomic E-state index is 2.54. The predicted octanol–water partition coefficient (Wildman–Crippen LogP) is 17.0. The van der Waals surface area contributed by atoms with Gasteiger partial charge in [-0.05, 0) is 142 Å². The summed E-state index contributed by atoms with van der Waals surface area (Å²) in [6.45, 7) is 9.54. The summed E-state index contributed by atoms with van der Waals surface area (Å²) in [4.78, 5) is 2.54. The highest BCUT2D eigenvalue weighted by Crippen LogP contribution is 2.62. The van der Waals surface area contributed by atoms with Gasteiger partial charge in [-0.15, -0.1) is 0 Å². The van der Waals surface area contributed by atoms with Gasteiger partial charge >= 0.3 is 0 Å². The highest BCUT2D eigenvalue weighted by molar-refractivity contribution is 6.07. The van der Waals surface area contributed by atoms with E-state index in [1.807, 2.05) is 0 Å². The second kappa shape index (κ2) is 14.1. The molecule has 0 saturated heterocycles. The van der Waals surface area contributed by atoms with E-state index in [0.29, 0.717) is 0 Å². The number of benzene rings is 10. The molecule has 0 N–H and O–H groups in total. The summed E-state index contributed by atoms with van der Waals surface area (Å²) in [7, 11) is 0. The van der Waals surface area contributed by atoms with Crippen LogP contribution in [0.25, 0.3) is 55.3 Å². The molecule has 0 atom stereocenters. The van der Waals surface area contributed by atoms with Crippen molar-refractivity contribution in [3.63, 3.8) is 0 Å². The molecule has 314 valence electrons. The van der Waals surface area contributed by atoms with Gasteiger partial charge in [0.1, 0.15) is 0 Å². The molecule has 0 bridgehead atoms. The third-order valence-corrected chi connectivity index (χ3v) is 15.5. The Labute approximate surface area is 388 Å². The van der Waals surface area contributed by atoms with Gasteiger partial charge in [0, 0.05) is 27.9 Å². The minimum Gasteiger partial charge on any atom is -0.310 e. The zero-order valence-electron chi connectivity index (χ0n) is 37.8. The predicted molar refractivity (Wildman–Crippen MR) is 276 cm³/mol. The summed E-state index contributed by atoms with van der Waals surface area (Å²) in [5.41, 5.74) is 23.4. The molecule has 1 nitrogen and oxygen atoms in total. The van der Waals surface area contributed by atoms with E-state index in [4.69, 9.17) is 0 Å². The molecule has 66 heavy (non-hydrogen) atoms. The second-order valence-corrected chi connectivity index (χ2v) is 19.6. The van der Waals surface area contributed by atoms with Gasteiger partial charge in [-0.2, -0.15) is 0 Å². The molecule has 0 heterocycles. The smallest absolute Gasteiger partial charge is 0.0720 e. The molecule has 0 radical (unpaired) electrons. The van der Waals surface area contributed by atoms with Gasteiger partial charge in [-0.1, -0.05) is 210 Å². The molecule has 0 spiro atoms. The van der Waals surface area contributed by atoms with Crippen LogP contribution in [-0.4, -0.2) is 0 Å². The topological polar surface area (TPSA) is 3.24 Å². The molecule has 0 saturated carbocycles. The van der Waals surface area contributed by atoms with Crippen LogP contribution in [0.1, 0.15) is 72.2 Å². The monoisotopic (exact) mass is 843 g/mol. The van der Waals surface area contributed by atoms with Crippen LogP contribution in [0.3, 0.4) is 0 Å². The van der Waals surface area contributed by atoms with Crippen LogP contribution in [-0.2, 0) is 16.2 Å². The number of fused-ring (bicyclic) bond motifs is 11. The van der Waals surface area contributed by atoms with E-state index in [9.17, 15) is 0 Å². The van der Waals surface area contributed by atoms with Crippen molar-refractivity contribution in [1.29, 1.82) is 0 Å². The Bertz CT molecular complexity index is 3430. The lowest BCUT2D eigenvalue weighted by atomic mass is 9.66. The van der Waals surface area contributed by atoms with E-state index < -0.39 is 5.41 Å². The molecule has 0 unspecified atom stereocenters. The highest BCUT2D eigenvalue weighted by Gasteiger charge is 2.49. The summed E-state index contributed by atoms with van der Waals surface area (Å²) < 4.78 is 0. The molecular weight excluding hydrogens is 795 g/mol. The first-order chi connectivity index (χ1) is 32.3. The lowest BCUT2D eigenvalue weighted by molar-refractivity contribution is 0.660. The van der Waals surface area contributed by atoms with Crippen LogP contribution in [0.2, 0.25) is 0 Å². The molecule has 3 aliphatic rings. The first-order valence-corrected chi connectivity index (χ1v) is 23.4. The molecule has 0 amide bonds. The van der Waals surface area contributed by atoms with Crippen molar-refractivity contribution in [2.24, 2.45) is 0 Å². The van der Waals surface area contributed by atoms with E-state index in [1.165, 1.54) is 99.8 Å². The van der Waals surface area contributed by atoms with Crippen molar-refractivity contribution >= 4 is 27.8 Å². The van der Waals surface area contributed by atoms with Crippen molar-refractivity contribution in [2.45, 2.75) is 43.9 Å². The quantitative estimate of drug-likeness (QED) is 0.161.